The molecule has 1 atom stereocenters. The molecule has 1 rings (SSSR count). The van der Waals surface area contributed by atoms with Gasteiger partial charge in [-0.1, -0.05) is 6.92 Å². The fourth-order valence-corrected chi connectivity index (χ4v) is 2.29. The summed E-state index contributed by atoms with van der Waals surface area (Å²) in [5, 5.41) is 8.72. The van der Waals surface area contributed by atoms with Crippen LogP contribution >= 0.6 is 0 Å². The van der Waals surface area contributed by atoms with Crippen molar-refractivity contribution in [3.8, 4) is 6.07 Å². The molecule has 0 aliphatic carbocycles. The lowest BCUT2D eigenvalue weighted by Gasteiger charge is -2.31. The second kappa shape index (κ2) is 9.70. The summed E-state index contributed by atoms with van der Waals surface area (Å²) in [4.78, 5) is 16.4. The van der Waals surface area contributed by atoms with Crippen LogP contribution in [0.5, 0.6) is 0 Å². The number of amides is 1. The number of ether oxygens (including phenoxy) is 1. The minimum Gasteiger partial charge on any atom is -0.379 e. The molecule has 114 valence electrons. The van der Waals surface area contributed by atoms with E-state index in [2.05, 4.69) is 11.0 Å². The fourth-order valence-electron chi connectivity index (χ4n) is 2.29. The van der Waals surface area contributed by atoms with Crippen LogP contribution in [0.1, 0.15) is 19.8 Å². The number of carbonyl (C=O) groups is 1. The van der Waals surface area contributed by atoms with Crippen molar-refractivity contribution in [1.29, 1.82) is 5.26 Å². The van der Waals surface area contributed by atoms with Crippen LogP contribution < -0.4 is 5.73 Å². The number of carbonyl (C=O) groups excluding carboxylic acids is 1. The van der Waals surface area contributed by atoms with Crippen LogP contribution in [-0.2, 0) is 9.53 Å². The van der Waals surface area contributed by atoms with E-state index in [1.54, 1.807) is 4.90 Å². The molecule has 1 aliphatic rings. The first-order valence-corrected chi connectivity index (χ1v) is 7.35. The zero-order chi connectivity index (χ0) is 14.8. The van der Waals surface area contributed by atoms with E-state index in [0.29, 0.717) is 32.5 Å². The van der Waals surface area contributed by atoms with E-state index in [-0.39, 0.29) is 11.8 Å². The molecule has 0 radical (unpaired) electrons. The molecule has 0 aromatic carbocycles. The summed E-state index contributed by atoms with van der Waals surface area (Å²) < 4.78 is 5.31. The highest BCUT2D eigenvalue weighted by Gasteiger charge is 2.20. The Morgan fingerprint density at radius 1 is 1.45 bits per heavy atom. The molecule has 1 heterocycles. The maximum atomic E-state index is 12.3. The first-order valence-electron chi connectivity index (χ1n) is 7.35. The highest BCUT2D eigenvalue weighted by molar-refractivity contribution is 5.78. The predicted molar refractivity (Wildman–Crippen MR) is 76.9 cm³/mol. The number of hydrogen-bond acceptors (Lipinski definition) is 5. The third-order valence-corrected chi connectivity index (χ3v) is 3.62. The van der Waals surface area contributed by atoms with E-state index in [1.807, 2.05) is 6.92 Å². The van der Waals surface area contributed by atoms with Gasteiger partial charge in [0.15, 0.2) is 0 Å². The highest BCUT2D eigenvalue weighted by atomic mass is 16.5. The lowest BCUT2D eigenvalue weighted by molar-refractivity contribution is -0.135. The Bertz CT molecular complexity index is 324. The smallest absolute Gasteiger partial charge is 0.225 e. The van der Waals surface area contributed by atoms with Gasteiger partial charge in [-0.15, -0.1) is 0 Å². The van der Waals surface area contributed by atoms with Crippen LogP contribution in [0, 0.1) is 17.2 Å². The summed E-state index contributed by atoms with van der Waals surface area (Å²) in [6.45, 7) is 7.80. The molecule has 20 heavy (non-hydrogen) atoms. The summed E-state index contributed by atoms with van der Waals surface area (Å²) in [6.07, 6.45) is 1.07. The monoisotopic (exact) mass is 282 g/mol. The second-order valence-electron chi connectivity index (χ2n) is 5.17. The lowest BCUT2D eigenvalue weighted by Crippen LogP contribution is -2.44. The number of hydrogen-bond donors (Lipinski definition) is 1. The molecule has 6 nitrogen and oxygen atoms in total. The SMILES string of the molecule is CC(CCN)C(=O)N(CCC#N)CCN1CCOCC1. The maximum absolute atomic E-state index is 12.3. The van der Waals surface area contributed by atoms with E-state index < -0.39 is 0 Å². The molecule has 0 aromatic heterocycles. The van der Waals surface area contributed by atoms with E-state index >= 15 is 0 Å². The van der Waals surface area contributed by atoms with Crippen LogP contribution in [-0.4, -0.2) is 68.2 Å². The van der Waals surface area contributed by atoms with Crippen molar-refractivity contribution < 1.29 is 9.53 Å². The molecule has 1 fully saturated rings. The van der Waals surface area contributed by atoms with Gasteiger partial charge in [-0.25, -0.2) is 0 Å². The van der Waals surface area contributed by atoms with Gasteiger partial charge in [0.1, 0.15) is 0 Å². The summed E-state index contributed by atoms with van der Waals surface area (Å²) in [5.41, 5.74) is 5.51. The minimum atomic E-state index is -0.0663. The van der Waals surface area contributed by atoms with Crippen molar-refractivity contribution in [3.63, 3.8) is 0 Å². The van der Waals surface area contributed by atoms with Crippen LogP contribution in [0.15, 0.2) is 0 Å². The number of nitrogens with two attached hydrogens (primary N) is 1. The van der Waals surface area contributed by atoms with Gasteiger partial charge in [-0.05, 0) is 13.0 Å². The van der Waals surface area contributed by atoms with Gasteiger partial charge >= 0.3 is 0 Å². The van der Waals surface area contributed by atoms with Gasteiger partial charge in [0.2, 0.25) is 5.91 Å². The van der Waals surface area contributed by atoms with Crippen LogP contribution in [0.4, 0.5) is 0 Å². The predicted octanol–water partition coefficient (Wildman–Crippen LogP) is 0.0458. The Labute approximate surface area is 121 Å². The lowest BCUT2D eigenvalue weighted by atomic mass is 10.1. The fraction of sp³-hybridized carbons (Fsp3) is 0.857. The Kier molecular flexibility index (Phi) is 8.19. The molecular formula is C14H26N4O2. The molecule has 6 heteroatoms. The maximum Gasteiger partial charge on any atom is 0.225 e. The second-order valence-corrected chi connectivity index (χ2v) is 5.17. The normalized spacial score (nSPS) is 17.4. The number of nitriles is 1. The van der Waals surface area contributed by atoms with Crippen LogP contribution in [0.3, 0.4) is 0 Å². The van der Waals surface area contributed by atoms with Crippen molar-refractivity contribution in [2.75, 3.05) is 52.5 Å². The minimum absolute atomic E-state index is 0.0663. The van der Waals surface area contributed by atoms with Crippen molar-refractivity contribution in [1.82, 2.24) is 9.80 Å². The Balaban J connectivity index is 2.45. The first-order chi connectivity index (χ1) is 9.69. The van der Waals surface area contributed by atoms with Crippen molar-refractivity contribution >= 4 is 5.91 Å². The molecule has 1 amide bonds. The Hall–Kier alpha value is -1.16. The van der Waals surface area contributed by atoms with Crippen molar-refractivity contribution in [2.45, 2.75) is 19.8 Å². The average Bonchev–Trinajstić information content (AvgIpc) is 2.48. The molecule has 0 bridgehead atoms. The molecule has 1 saturated heterocycles. The van der Waals surface area contributed by atoms with Gasteiger partial charge in [0, 0.05) is 38.6 Å². The molecule has 1 unspecified atom stereocenters. The zero-order valence-corrected chi connectivity index (χ0v) is 12.4. The van der Waals surface area contributed by atoms with Crippen LogP contribution in [0.25, 0.3) is 0 Å². The largest absolute Gasteiger partial charge is 0.379 e. The number of nitrogens with zero attached hydrogens (tertiary/aromatic N) is 3. The third-order valence-electron chi connectivity index (χ3n) is 3.62. The quantitative estimate of drug-likeness (QED) is 0.680. The van der Waals surface area contributed by atoms with Gasteiger partial charge in [0.25, 0.3) is 0 Å². The third kappa shape index (κ3) is 5.87. The topological polar surface area (TPSA) is 82.6 Å². The van der Waals surface area contributed by atoms with Gasteiger partial charge in [-0.3, -0.25) is 9.69 Å². The summed E-state index contributed by atoms with van der Waals surface area (Å²) >= 11 is 0. The number of rotatable bonds is 8. The molecule has 0 spiro atoms. The standard InChI is InChI=1S/C14H26N4O2/c1-13(3-5-16)14(19)18(6-2-4-15)8-7-17-9-11-20-12-10-17/h13H,2-3,5-12,16H2,1H3. The van der Waals surface area contributed by atoms with Crippen molar-refractivity contribution in [3.05, 3.63) is 0 Å². The van der Waals surface area contributed by atoms with Gasteiger partial charge < -0.3 is 15.4 Å². The van der Waals surface area contributed by atoms with Gasteiger partial charge in [0.05, 0.1) is 25.7 Å². The Morgan fingerprint density at radius 3 is 2.75 bits per heavy atom. The molecule has 0 saturated carbocycles. The summed E-state index contributed by atoms with van der Waals surface area (Å²) in [7, 11) is 0. The van der Waals surface area contributed by atoms with E-state index in [9.17, 15) is 4.79 Å². The first kappa shape index (κ1) is 16.9. The molecule has 2 N–H and O–H groups in total. The van der Waals surface area contributed by atoms with E-state index in [0.717, 1.165) is 32.8 Å². The van der Waals surface area contributed by atoms with Crippen LogP contribution in [0.2, 0.25) is 0 Å². The molecule has 0 aromatic rings. The zero-order valence-electron chi connectivity index (χ0n) is 12.4. The average molecular weight is 282 g/mol. The van der Waals surface area contributed by atoms with Crippen molar-refractivity contribution in [2.24, 2.45) is 11.7 Å². The summed E-state index contributed by atoms with van der Waals surface area (Å²) in [5.74, 6) is 0.0438. The highest BCUT2D eigenvalue weighted by Crippen LogP contribution is 2.08. The van der Waals surface area contributed by atoms with E-state index in [4.69, 9.17) is 15.7 Å². The molecular weight excluding hydrogens is 256 g/mol. The van der Waals surface area contributed by atoms with E-state index in [1.165, 1.54) is 0 Å². The molecule has 1 aliphatic heterocycles. The number of morpholine rings is 1. The summed E-state index contributed by atoms with van der Waals surface area (Å²) in [6, 6.07) is 2.11. The Morgan fingerprint density at radius 2 is 2.15 bits per heavy atom. The van der Waals surface area contributed by atoms with Gasteiger partial charge in [-0.2, -0.15) is 5.26 Å².